The zero-order valence-electron chi connectivity index (χ0n) is 11.3. The average molecular weight is 294 g/mol. The van der Waals surface area contributed by atoms with Gasteiger partial charge < -0.3 is 15.3 Å². The van der Waals surface area contributed by atoms with Crippen LogP contribution in [0.1, 0.15) is 26.2 Å². The SMILES string of the molecule is CCC(N)(CCCSc1nc2ccccc2o1)C(=O)O. The summed E-state index contributed by atoms with van der Waals surface area (Å²) in [5.41, 5.74) is 6.31. The Balaban J connectivity index is 1.85. The topological polar surface area (TPSA) is 89.4 Å². The fraction of sp³-hybridized carbons (Fsp3) is 0.429. The standard InChI is InChI=1S/C14H18N2O3S/c1-2-14(15,12(17)18)8-5-9-20-13-16-10-6-3-4-7-11(10)19-13/h3-4,6-7H,2,5,8-9,15H2,1H3,(H,17,18). The van der Waals surface area contributed by atoms with E-state index in [1.165, 1.54) is 11.8 Å². The number of carbonyl (C=O) groups is 1. The van der Waals surface area contributed by atoms with Gasteiger partial charge in [0.15, 0.2) is 5.58 Å². The van der Waals surface area contributed by atoms with Crippen molar-refractivity contribution in [2.45, 2.75) is 36.9 Å². The van der Waals surface area contributed by atoms with Gasteiger partial charge in [-0.2, -0.15) is 0 Å². The van der Waals surface area contributed by atoms with Crippen molar-refractivity contribution in [1.82, 2.24) is 4.98 Å². The number of hydrogen-bond donors (Lipinski definition) is 2. The van der Waals surface area contributed by atoms with Gasteiger partial charge in [0.25, 0.3) is 5.22 Å². The van der Waals surface area contributed by atoms with E-state index in [1.807, 2.05) is 24.3 Å². The zero-order valence-corrected chi connectivity index (χ0v) is 12.2. The molecule has 0 saturated carbocycles. The van der Waals surface area contributed by atoms with Gasteiger partial charge in [-0.1, -0.05) is 30.8 Å². The van der Waals surface area contributed by atoms with Crippen LogP contribution < -0.4 is 5.73 Å². The summed E-state index contributed by atoms with van der Waals surface area (Å²) in [4.78, 5) is 15.4. The van der Waals surface area contributed by atoms with Crippen LogP contribution in [-0.2, 0) is 4.79 Å². The molecule has 1 unspecified atom stereocenters. The second-order valence-electron chi connectivity index (χ2n) is 4.71. The zero-order chi connectivity index (χ0) is 14.6. The van der Waals surface area contributed by atoms with E-state index in [4.69, 9.17) is 15.3 Å². The number of aliphatic carboxylic acids is 1. The lowest BCUT2D eigenvalue weighted by Crippen LogP contribution is -2.47. The first-order chi connectivity index (χ1) is 9.55. The van der Waals surface area contributed by atoms with Gasteiger partial charge in [-0.15, -0.1) is 0 Å². The molecule has 0 aliphatic rings. The maximum Gasteiger partial charge on any atom is 0.323 e. The fourth-order valence-corrected chi connectivity index (χ4v) is 2.67. The molecular formula is C14H18N2O3S. The Bertz CT molecular complexity index is 566. The van der Waals surface area contributed by atoms with Crippen LogP contribution in [0.3, 0.4) is 0 Å². The van der Waals surface area contributed by atoms with Crippen molar-refractivity contribution in [3.8, 4) is 0 Å². The highest BCUT2D eigenvalue weighted by Crippen LogP contribution is 2.25. The number of thioether (sulfide) groups is 1. The highest BCUT2D eigenvalue weighted by atomic mass is 32.2. The molecule has 1 heterocycles. The quantitative estimate of drug-likeness (QED) is 0.603. The highest BCUT2D eigenvalue weighted by Gasteiger charge is 2.30. The van der Waals surface area contributed by atoms with Crippen molar-refractivity contribution >= 4 is 28.8 Å². The number of para-hydroxylation sites is 2. The molecule has 0 radical (unpaired) electrons. The first kappa shape index (κ1) is 14.9. The lowest BCUT2D eigenvalue weighted by molar-refractivity contribution is -0.143. The number of fused-ring (bicyclic) bond motifs is 1. The van der Waals surface area contributed by atoms with Crippen LogP contribution in [0.25, 0.3) is 11.1 Å². The normalized spacial score (nSPS) is 14.3. The first-order valence-corrected chi connectivity index (χ1v) is 7.54. The molecule has 1 aromatic carbocycles. The van der Waals surface area contributed by atoms with Crippen LogP contribution in [0.4, 0.5) is 0 Å². The lowest BCUT2D eigenvalue weighted by atomic mass is 9.92. The summed E-state index contributed by atoms with van der Waals surface area (Å²) in [5, 5.41) is 9.69. The van der Waals surface area contributed by atoms with Crippen molar-refractivity contribution in [3.05, 3.63) is 24.3 Å². The molecule has 0 aliphatic carbocycles. The number of oxazole rings is 1. The number of nitrogens with two attached hydrogens (primary N) is 1. The number of benzene rings is 1. The molecule has 0 amide bonds. The predicted octanol–water partition coefficient (Wildman–Crippen LogP) is 2.89. The molecule has 0 spiro atoms. The molecule has 6 heteroatoms. The molecule has 2 rings (SSSR count). The van der Waals surface area contributed by atoms with Crippen molar-refractivity contribution in [1.29, 1.82) is 0 Å². The van der Waals surface area contributed by atoms with E-state index in [2.05, 4.69) is 4.98 Å². The van der Waals surface area contributed by atoms with Gasteiger partial charge in [0.2, 0.25) is 0 Å². The minimum Gasteiger partial charge on any atom is -0.480 e. The van der Waals surface area contributed by atoms with E-state index in [-0.39, 0.29) is 0 Å². The number of carboxylic acids is 1. The van der Waals surface area contributed by atoms with Crippen molar-refractivity contribution < 1.29 is 14.3 Å². The first-order valence-electron chi connectivity index (χ1n) is 6.56. The number of hydrogen-bond acceptors (Lipinski definition) is 5. The van der Waals surface area contributed by atoms with E-state index in [1.54, 1.807) is 6.92 Å². The predicted molar refractivity (Wildman–Crippen MR) is 78.8 cm³/mol. The minimum atomic E-state index is -1.12. The van der Waals surface area contributed by atoms with Crippen LogP contribution in [-0.4, -0.2) is 27.4 Å². The molecule has 108 valence electrons. The molecule has 3 N–H and O–H groups in total. The van der Waals surface area contributed by atoms with Gasteiger partial charge >= 0.3 is 5.97 Å². The smallest absolute Gasteiger partial charge is 0.323 e. The third-order valence-corrected chi connectivity index (χ3v) is 4.24. The summed E-state index contributed by atoms with van der Waals surface area (Å²) in [5.74, 6) is -0.203. The highest BCUT2D eigenvalue weighted by molar-refractivity contribution is 7.99. The van der Waals surface area contributed by atoms with Crippen molar-refractivity contribution in [2.24, 2.45) is 5.73 Å². The molecular weight excluding hydrogens is 276 g/mol. The molecule has 0 bridgehead atoms. The number of carboxylic acid groups (broad SMARTS) is 1. The summed E-state index contributed by atoms with van der Waals surface area (Å²) in [6, 6.07) is 7.59. The molecule has 20 heavy (non-hydrogen) atoms. The minimum absolute atomic E-state index is 0.426. The third-order valence-electron chi connectivity index (χ3n) is 3.32. The molecule has 0 fully saturated rings. The average Bonchev–Trinajstić information content (AvgIpc) is 2.85. The summed E-state index contributed by atoms with van der Waals surface area (Å²) in [6.45, 7) is 1.79. The molecule has 5 nitrogen and oxygen atoms in total. The van der Waals surface area contributed by atoms with Gasteiger partial charge in [0.05, 0.1) is 0 Å². The Morgan fingerprint density at radius 3 is 2.90 bits per heavy atom. The van der Waals surface area contributed by atoms with Gasteiger partial charge in [-0.25, -0.2) is 4.98 Å². The fourth-order valence-electron chi connectivity index (χ4n) is 1.89. The van der Waals surface area contributed by atoms with Gasteiger partial charge in [0.1, 0.15) is 11.1 Å². The summed E-state index contributed by atoms with van der Waals surface area (Å²) >= 11 is 1.48. The van der Waals surface area contributed by atoms with Gasteiger partial charge in [-0.3, -0.25) is 4.79 Å². The molecule has 1 atom stereocenters. The summed E-state index contributed by atoms with van der Waals surface area (Å²) in [7, 11) is 0. The lowest BCUT2D eigenvalue weighted by Gasteiger charge is -2.22. The largest absolute Gasteiger partial charge is 0.480 e. The maximum atomic E-state index is 11.1. The molecule has 0 aliphatic heterocycles. The molecule has 2 aromatic rings. The van der Waals surface area contributed by atoms with Crippen LogP contribution >= 0.6 is 11.8 Å². The van der Waals surface area contributed by atoms with Crippen LogP contribution in [0.5, 0.6) is 0 Å². The van der Waals surface area contributed by atoms with Crippen molar-refractivity contribution in [2.75, 3.05) is 5.75 Å². The second-order valence-corrected chi connectivity index (χ2v) is 5.76. The van der Waals surface area contributed by atoms with E-state index in [0.717, 1.165) is 16.9 Å². The molecule has 1 aromatic heterocycles. The van der Waals surface area contributed by atoms with E-state index in [0.29, 0.717) is 24.5 Å². The number of nitrogens with zero attached hydrogens (tertiary/aromatic N) is 1. The van der Waals surface area contributed by atoms with E-state index < -0.39 is 11.5 Å². The van der Waals surface area contributed by atoms with Crippen LogP contribution in [0.15, 0.2) is 33.9 Å². The van der Waals surface area contributed by atoms with Gasteiger partial charge in [-0.05, 0) is 31.4 Å². The van der Waals surface area contributed by atoms with E-state index in [9.17, 15) is 4.79 Å². The monoisotopic (exact) mass is 294 g/mol. The van der Waals surface area contributed by atoms with Crippen LogP contribution in [0, 0.1) is 0 Å². The maximum absolute atomic E-state index is 11.1. The van der Waals surface area contributed by atoms with Crippen LogP contribution in [0.2, 0.25) is 0 Å². The molecule has 0 saturated heterocycles. The third kappa shape index (κ3) is 3.32. The summed E-state index contributed by atoms with van der Waals surface area (Å²) in [6.07, 6.45) is 1.59. The number of rotatable bonds is 7. The van der Waals surface area contributed by atoms with Gasteiger partial charge in [0, 0.05) is 5.75 Å². The Morgan fingerprint density at radius 1 is 1.50 bits per heavy atom. The van der Waals surface area contributed by atoms with Crippen molar-refractivity contribution in [3.63, 3.8) is 0 Å². The Morgan fingerprint density at radius 2 is 2.25 bits per heavy atom. The Hall–Kier alpha value is -1.53. The summed E-state index contributed by atoms with van der Waals surface area (Å²) < 4.78 is 5.58. The second kappa shape index (κ2) is 6.28. The Labute approximate surface area is 121 Å². The number of aromatic nitrogens is 1. The Kier molecular flexibility index (Phi) is 4.67. The van der Waals surface area contributed by atoms with E-state index >= 15 is 0 Å².